The van der Waals surface area contributed by atoms with Gasteiger partial charge in [0.2, 0.25) is 0 Å². The van der Waals surface area contributed by atoms with Crippen molar-refractivity contribution in [2.75, 3.05) is 0 Å². The molecule has 0 bridgehead atoms. The predicted octanol–water partition coefficient (Wildman–Crippen LogP) is 1.87. The first kappa shape index (κ1) is 11.4. The van der Waals surface area contributed by atoms with Gasteiger partial charge in [0.05, 0.1) is 0 Å². The van der Waals surface area contributed by atoms with Crippen LogP contribution in [-0.4, -0.2) is 10.2 Å². The Morgan fingerprint density at radius 3 is 2.47 bits per heavy atom. The van der Waals surface area contributed by atoms with Crippen LogP contribution in [0.15, 0.2) is 21.3 Å². The molecule has 2 aromatic rings. The third-order valence-electron chi connectivity index (χ3n) is 2.43. The molecule has 5 nitrogen and oxygen atoms in total. The summed E-state index contributed by atoms with van der Waals surface area (Å²) in [6.07, 6.45) is 0. The molecular weight excluding hydrogens is 220 g/mol. The SMILES string of the molecule is Cc1cc(C)c(OCc2n[nH]c(=O)o2)c(C)c1. The van der Waals surface area contributed by atoms with Crippen LogP contribution in [0.5, 0.6) is 5.75 Å². The van der Waals surface area contributed by atoms with E-state index in [1.807, 2.05) is 32.9 Å². The molecule has 0 aliphatic carbocycles. The van der Waals surface area contributed by atoms with E-state index in [0.29, 0.717) is 0 Å². The smallest absolute Gasteiger partial charge is 0.434 e. The maximum absolute atomic E-state index is 10.7. The summed E-state index contributed by atoms with van der Waals surface area (Å²) in [5, 5.41) is 5.87. The number of aryl methyl sites for hydroxylation is 3. The molecule has 1 aromatic heterocycles. The van der Waals surface area contributed by atoms with Gasteiger partial charge in [0.25, 0.3) is 5.89 Å². The zero-order valence-electron chi connectivity index (χ0n) is 10.0. The zero-order valence-corrected chi connectivity index (χ0v) is 10.0. The highest BCUT2D eigenvalue weighted by molar-refractivity contribution is 5.42. The lowest BCUT2D eigenvalue weighted by Crippen LogP contribution is -2.00. The van der Waals surface area contributed by atoms with E-state index in [1.165, 1.54) is 5.56 Å². The Bertz CT molecular complexity index is 560. The fraction of sp³-hybridized carbons (Fsp3) is 0.333. The Morgan fingerprint density at radius 1 is 1.29 bits per heavy atom. The van der Waals surface area contributed by atoms with Crippen molar-refractivity contribution >= 4 is 0 Å². The standard InChI is InChI=1S/C12H14N2O3/c1-7-4-8(2)11(9(3)5-7)16-6-10-13-14-12(15)17-10/h4-5H,6H2,1-3H3,(H,14,15). The fourth-order valence-corrected chi connectivity index (χ4v) is 1.85. The summed E-state index contributed by atoms with van der Waals surface area (Å²) in [5.41, 5.74) is 3.31. The van der Waals surface area contributed by atoms with E-state index in [1.54, 1.807) is 0 Å². The summed E-state index contributed by atoms with van der Waals surface area (Å²) in [4.78, 5) is 10.7. The summed E-state index contributed by atoms with van der Waals surface area (Å²) in [6.45, 7) is 6.14. The minimum atomic E-state index is -0.569. The molecule has 90 valence electrons. The summed E-state index contributed by atoms with van der Waals surface area (Å²) >= 11 is 0. The average molecular weight is 234 g/mol. The molecule has 0 aliphatic heterocycles. The monoisotopic (exact) mass is 234 g/mol. The van der Waals surface area contributed by atoms with E-state index in [9.17, 15) is 4.79 Å². The number of ether oxygens (including phenoxy) is 1. The Hall–Kier alpha value is -2.04. The molecule has 0 atom stereocenters. The molecule has 0 saturated carbocycles. The molecular formula is C12H14N2O3. The van der Waals surface area contributed by atoms with Gasteiger partial charge in [-0.2, -0.15) is 0 Å². The molecule has 0 spiro atoms. The number of aromatic amines is 1. The lowest BCUT2D eigenvalue weighted by atomic mass is 10.1. The van der Waals surface area contributed by atoms with E-state index in [2.05, 4.69) is 10.2 Å². The molecule has 1 N–H and O–H groups in total. The molecule has 0 aliphatic rings. The van der Waals surface area contributed by atoms with Gasteiger partial charge >= 0.3 is 5.76 Å². The predicted molar refractivity (Wildman–Crippen MR) is 62.1 cm³/mol. The minimum Gasteiger partial charge on any atom is -0.483 e. The molecule has 0 unspecified atom stereocenters. The molecule has 5 heteroatoms. The Balaban J connectivity index is 2.16. The van der Waals surface area contributed by atoms with E-state index in [0.717, 1.165) is 16.9 Å². The molecule has 17 heavy (non-hydrogen) atoms. The number of aromatic nitrogens is 2. The number of rotatable bonds is 3. The molecule has 0 saturated heterocycles. The van der Waals surface area contributed by atoms with Gasteiger partial charge in [-0.05, 0) is 31.9 Å². The number of H-pyrrole nitrogens is 1. The van der Waals surface area contributed by atoms with Crippen molar-refractivity contribution in [3.05, 3.63) is 45.3 Å². The topological polar surface area (TPSA) is 68.1 Å². The van der Waals surface area contributed by atoms with Gasteiger partial charge in [0.15, 0.2) is 6.61 Å². The second kappa shape index (κ2) is 4.45. The lowest BCUT2D eigenvalue weighted by Gasteiger charge is -2.11. The highest BCUT2D eigenvalue weighted by Gasteiger charge is 2.07. The summed E-state index contributed by atoms with van der Waals surface area (Å²) in [5.74, 6) is 0.483. The summed E-state index contributed by atoms with van der Waals surface area (Å²) in [6, 6.07) is 4.09. The molecule has 1 heterocycles. The van der Waals surface area contributed by atoms with Gasteiger partial charge in [-0.3, -0.25) is 0 Å². The summed E-state index contributed by atoms with van der Waals surface area (Å²) < 4.78 is 10.4. The molecule has 0 fully saturated rings. The normalized spacial score (nSPS) is 10.5. The molecule has 0 radical (unpaired) electrons. The molecule has 0 amide bonds. The van der Waals surface area contributed by atoms with Crippen LogP contribution in [0, 0.1) is 20.8 Å². The van der Waals surface area contributed by atoms with Crippen LogP contribution in [0.1, 0.15) is 22.6 Å². The number of nitrogens with zero attached hydrogens (tertiary/aromatic N) is 1. The first-order valence-corrected chi connectivity index (χ1v) is 5.31. The van der Waals surface area contributed by atoms with Crippen LogP contribution in [0.25, 0.3) is 0 Å². The van der Waals surface area contributed by atoms with Crippen molar-refractivity contribution in [2.45, 2.75) is 27.4 Å². The van der Waals surface area contributed by atoms with Gasteiger partial charge in [-0.25, -0.2) is 9.89 Å². The van der Waals surface area contributed by atoms with Crippen LogP contribution in [0.4, 0.5) is 0 Å². The third-order valence-corrected chi connectivity index (χ3v) is 2.43. The Kier molecular flexibility index (Phi) is 2.99. The van der Waals surface area contributed by atoms with Gasteiger partial charge in [0.1, 0.15) is 5.75 Å². The molecule has 2 rings (SSSR count). The zero-order chi connectivity index (χ0) is 12.4. The summed E-state index contributed by atoms with van der Waals surface area (Å²) in [7, 11) is 0. The first-order chi connectivity index (χ1) is 8.06. The van der Waals surface area contributed by atoms with E-state index < -0.39 is 5.76 Å². The van der Waals surface area contributed by atoms with Gasteiger partial charge < -0.3 is 9.15 Å². The van der Waals surface area contributed by atoms with Crippen LogP contribution in [0.2, 0.25) is 0 Å². The second-order valence-corrected chi connectivity index (χ2v) is 4.02. The number of hydrogen-bond acceptors (Lipinski definition) is 4. The third kappa shape index (κ3) is 2.55. The Morgan fingerprint density at radius 2 is 1.94 bits per heavy atom. The Labute approximate surface area is 98.4 Å². The van der Waals surface area contributed by atoms with E-state index in [-0.39, 0.29) is 12.5 Å². The van der Waals surface area contributed by atoms with Crippen LogP contribution >= 0.6 is 0 Å². The van der Waals surface area contributed by atoms with Crippen LogP contribution in [0.3, 0.4) is 0 Å². The maximum atomic E-state index is 10.7. The molecule has 1 aromatic carbocycles. The highest BCUT2D eigenvalue weighted by atomic mass is 16.5. The van der Waals surface area contributed by atoms with Crippen molar-refractivity contribution in [2.24, 2.45) is 0 Å². The van der Waals surface area contributed by atoms with Crippen molar-refractivity contribution < 1.29 is 9.15 Å². The fourth-order valence-electron chi connectivity index (χ4n) is 1.85. The van der Waals surface area contributed by atoms with Crippen LogP contribution in [-0.2, 0) is 6.61 Å². The number of nitrogens with one attached hydrogen (secondary N) is 1. The quantitative estimate of drug-likeness (QED) is 0.880. The van der Waals surface area contributed by atoms with Crippen molar-refractivity contribution in [1.29, 1.82) is 0 Å². The maximum Gasteiger partial charge on any atom is 0.434 e. The minimum absolute atomic E-state index is 0.142. The van der Waals surface area contributed by atoms with E-state index >= 15 is 0 Å². The first-order valence-electron chi connectivity index (χ1n) is 5.31. The number of hydrogen-bond donors (Lipinski definition) is 1. The lowest BCUT2D eigenvalue weighted by molar-refractivity contribution is 0.256. The van der Waals surface area contributed by atoms with Gasteiger partial charge in [0, 0.05) is 0 Å². The van der Waals surface area contributed by atoms with Crippen molar-refractivity contribution in [3.63, 3.8) is 0 Å². The van der Waals surface area contributed by atoms with Crippen molar-refractivity contribution in [1.82, 2.24) is 10.2 Å². The largest absolute Gasteiger partial charge is 0.483 e. The van der Waals surface area contributed by atoms with Gasteiger partial charge in [-0.1, -0.05) is 17.7 Å². The van der Waals surface area contributed by atoms with Crippen LogP contribution < -0.4 is 10.5 Å². The average Bonchev–Trinajstić information content (AvgIpc) is 2.62. The number of benzene rings is 1. The van der Waals surface area contributed by atoms with E-state index in [4.69, 9.17) is 9.15 Å². The second-order valence-electron chi connectivity index (χ2n) is 4.02. The van der Waals surface area contributed by atoms with Gasteiger partial charge in [-0.15, -0.1) is 5.10 Å². The highest BCUT2D eigenvalue weighted by Crippen LogP contribution is 2.25. The van der Waals surface area contributed by atoms with Crippen molar-refractivity contribution in [3.8, 4) is 5.75 Å².